The van der Waals surface area contributed by atoms with E-state index in [1.807, 2.05) is 36.6 Å². The largest absolute Gasteiger partial charge is 0.278 e. The first-order valence-corrected chi connectivity index (χ1v) is 9.88. The summed E-state index contributed by atoms with van der Waals surface area (Å²) < 4.78 is 27.6. The zero-order valence-electron chi connectivity index (χ0n) is 13.0. The Morgan fingerprint density at radius 2 is 1.68 bits per heavy atom. The van der Waals surface area contributed by atoms with Crippen molar-refractivity contribution >= 4 is 27.5 Å². The van der Waals surface area contributed by atoms with Crippen LogP contribution in [0.2, 0.25) is 0 Å². The third kappa shape index (κ3) is 4.27. The van der Waals surface area contributed by atoms with E-state index in [1.165, 1.54) is 11.8 Å². The maximum absolute atomic E-state index is 12.5. The maximum atomic E-state index is 12.5. The number of thioether (sulfide) groups is 1. The van der Waals surface area contributed by atoms with E-state index in [-0.39, 0.29) is 4.90 Å². The molecular weight excluding hydrogens is 314 g/mol. The van der Waals surface area contributed by atoms with Gasteiger partial charge >= 0.3 is 0 Å². The summed E-state index contributed by atoms with van der Waals surface area (Å²) in [5.41, 5.74) is 1.76. The van der Waals surface area contributed by atoms with Gasteiger partial charge in [-0.3, -0.25) is 4.72 Å². The van der Waals surface area contributed by atoms with Gasteiger partial charge in [-0.05, 0) is 48.4 Å². The molecule has 2 aromatic rings. The Labute approximate surface area is 137 Å². The summed E-state index contributed by atoms with van der Waals surface area (Å²) in [7, 11) is -3.55. The molecule has 0 aliphatic heterocycles. The molecule has 0 bridgehead atoms. The van der Waals surface area contributed by atoms with Gasteiger partial charge in [0.15, 0.2) is 0 Å². The Morgan fingerprint density at radius 1 is 1.05 bits per heavy atom. The van der Waals surface area contributed by atoms with E-state index in [9.17, 15) is 8.42 Å². The molecule has 0 saturated carbocycles. The number of para-hydroxylation sites is 1. The number of sulfonamides is 1. The lowest BCUT2D eigenvalue weighted by Crippen LogP contribution is -2.13. The van der Waals surface area contributed by atoms with Crippen molar-refractivity contribution < 1.29 is 8.42 Å². The molecule has 0 heterocycles. The quantitative estimate of drug-likeness (QED) is 0.796. The number of nitrogens with one attached hydrogen (secondary N) is 1. The molecule has 0 aliphatic carbocycles. The van der Waals surface area contributed by atoms with Crippen LogP contribution in [0.1, 0.15) is 19.4 Å². The van der Waals surface area contributed by atoms with Gasteiger partial charge in [0.2, 0.25) is 0 Å². The van der Waals surface area contributed by atoms with Crippen molar-refractivity contribution in [1.29, 1.82) is 0 Å². The Hall–Kier alpha value is -1.46. The van der Waals surface area contributed by atoms with Crippen molar-refractivity contribution in [2.75, 3.05) is 11.0 Å². The van der Waals surface area contributed by atoms with Gasteiger partial charge in [0.05, 0.1) is 10.6 Å². The van der Waals surface area contributed by atoms with Crippen LogP contribution in [0.4, 0.5) is 5.69 Å². The zero-order chi connectivity index (χ0) is 16.2. The van der Waals surface area contributed by atoms with Crippen molar-refractivity contribution in [3.8, 4) is 0 Å². The molecule has 118 valence electrons. The van der Waals surface area contributed by atoms with Crippen LogP contribution in [0, 0.1) is 5.92 Å². The van der Waals surface area contributed by atoms with E-state index in [0.29, 0.717) is 11.6 Å². The van der Waals surface area contributed by atoms with Gasteiger partial charge in [0.1, 0.15) is 0 Å². The predicted octanol–water partition coefficient (Wildman–Crippen LogP) is 4.41. The van der Waals surface area contributed by atoms with E-state index >= 15 is 0 Å². The molecule has 3 nitrogen and oxygen atoms in total. The predicted molar refractivity (Wildman–Crippen MR) is 94.0 cm³/mol. The monoisotopic (exact) mass is 335 g/mol. The lowest BCUT2D eigenvalue weighted by atomic mass is 10.0. The second-order valence-electron chi connectivity index (χ2n) is 5.55. The van der Waals surface area contributed by atoms with Gasteiger partial charge in [-0.25, -0.2) is 8.42 Å². The van der Waals surface area contributed by atoms with Crippen LogP contribution in [0.3, 0.4) is 0 Å². The standard InChI is InChI=1S/C17H21NO2S2/c1-13(2)12-14-8-10-15(11-9-14)22(19,20)18-16-6-4-5-7-17(16)21-3/h4-11,13,18H,12H2,1-3H3. The average Bonchev–Trinajstić information content (AvgIpc) is 2.47. The minimum absolute atomic E-state index is 0.288. The molecule has 5 heteroatoms. The van der Waals surface area contributed by atoms with E-state index < -0.39 is 10.0 Å². The normalized spacial score (nSPS) is 11.6. The first-order chi connectivity index (χ1) is 10.4. The average molecular weight is 335 g/mol. The number of hydrogen-bond acceptors (Lipinski definition) is 3. The first kappa shape index (κ1) is 16.9. The van der Waals surface area contributed by atoms with Crippen LogP contribution < -0.4 is 4.72 Å². The fourth-order valence-electron chi connectivity index (χ4n) is 2.21. The minimum atomic E-state index is -3.55. The third-order valence-corrected chi connectivity index (χ3v) is 5.41. The third-order valence-electron chi connectivity index (χ3n) is 3.23. The Balaban J connectivity index is 2.23. The highest BCUT2D eigenvalue weighted by atomic mass is 32.2. The van der Waals surface area contributed by atoms with E-state index in [0.717, 1.165) is 16.9 Å². The second-order valence-corrected chi connectivity index (χ2v) is 8.08. The van der Waals surface area contributed by atoms with Crippen molar-refractivity contribution in [1.82, 2.24) is 0 Å². The fraction of sp³-hybridized carbons (Fsp3) is 0.294. The van der Waals surface area contributed by atoms with Gasteiger partial charge in [0.25, 0.3) is 10.0 Å². The molecule has 0 atom stereocenters. The minimum Gasteiger partial charge on any atom is -0.278 e. The molecule has 0 radical (unpaired) electrons. The molecule has 0 aliphatic rings. The number of anilines is 1. The van der Waals surface area contributed by atoms with Crippen molar-refractivity contribution in [2.24, 2.45) is 5.92 Å². The highest BCUT2D eigenvalue weighted by Gasteiger charge is 2.15. The molecule has 0 amide bonds. The summed E-state index contributed by atoms with van der Waals surface area (Å²) >= 11 is 1.51. The van der Waals surface area contributed by atoms with E-state index in [1.54, 1.807) is 18.2 Å². The lowest BCUT2D eigenvalue weighted by molar-refractivity contribution is 0.601. The summed E-state index contributed by atoms with van der Waals surface area (Å²) in [5, 5.41) is 0. The highest BCUT2D eigenvalue weighted by molar-refractivity contribution is 7.99. The number of benzene rings is 2. The summed E-state index contributed by atoms with van der Waals surface area (Å²) in [4.78, 5) is 1.19. The van der Waals surface area contributed by atoms with Gasteiger partial charge in [-0.2, -0.15) is 0 Å². The van der Waals surface area contributed by atoms with Crippen molar-refractivity contribution in [3.63, 3.8) is 0 Å². The number of hydrogen-bond donors (Lipinski definition) is 1. The van der Waals surface area contributed by atoms with Gasteiger partial charge in [-0.15, -0.1) is 11.8 Å². The first-order valence-electron chi connectivity index (χ1n) is 7.17. The molecule has 22 heavy (non-hydrogen) atoms. The van der Waals surface area contributed by atoms with Crippen LogP contribution in [0.25, 0.3) is 0 Å². The zero-order valence-corrected chi connectivity index (χ0v) is 14.7. The molecule has 0 aromatic heterocycles. The molecule has 1 N–H and O–H groups in total. The molecule has 0 spiro atoms. The number of rotatable bonds is 6. The summed E-state index contributed by atoms with van der Waals surface area (Å²) in [6, 6.07) is 14.5. The van der Waals surface area contributed by atoms with E-state index in [2.05, 4.69) is 18.6 Å². The fourth-order valence-corrected chi connectivity index (χ4v) is 3.91. The topological polar surface area (TPSA) is 46.2 Å². The highest BCUT2D eigenvalue weighted by Crippen LogP contribution is 2.27. The lowest BCUT2D eigenvalue weighted by Gasteiger charge is -2.12. The summed E-state index contributed by atoms with van der Waals surface area (Å²) in [6.45, 7) is 4.29. The maximum Gasteiger partial charge on any atom is 0.261 e. The molecule has 0 unspecified atom stereocenters. The SMILES string of the molecule is CSc1ccccc1NS(=O)(=O)c1ccc(CC(C)C)cc1. The van der Waals surface area contributed by atoms with Crippen molar-refractivity contribution in [3.05, 3.63) is 54.1 Å². The molecule has 2 aromatic carbocycles. The van der Waals surface area contributed by atoms with Crippen LogP contribution >= 0.6 is 11.8 Å². The molecule has 0 saturated heterocycles. The Morgan fingerprint density at radius 3 is 2.27 bits per heavy atom. The van der Waals surface area contributed by atoms with Crippen LogP contribution in [-0.2, 0) is 16.4 Å². The second kappa shape index (κ2) is 7.20. The van der Waals surface area contributed by atoms with Gasteiger partial charge in [-0.1, -0.05) is 38.1 Å². The molecular formula is C17H21NO2S2. The van der Waals surface area contributed by atoms with Crippen LogP contribution in [0.5, 0.6) is 0 Å². The van der Waals surface area contributed by atoms with Crippen LogP contribution in [0.15, 0.2) is 58.3 Å². The van der Waals surface area contributed by atoms with Crippen molar-refractivity contribution in [2.45, 2.75) is 30.1 Å². The molecule has 0 fully saturated rings. The van der Waals surface area contributed by atoms with Gasteiger partial charge < -0.3 is 0 Å². The molecule has 2 rings (SSSR count). The Bertz CT molecular complexity index is 723. The summed E-state index contributed by atoms with van der Waals surface area (Å²) in [5.74, 6) is 0.550. The van der Waals surface area contributed by atoms with Crippen LogP contribution in [-0.4, -0.2) is 14.7 Å². The Kier molecular flexibility index (Phi) is 5.53. The van der Waals surface area contributed by atoms with Gasteiger partial charge in [0, 0.05) is 4.90 Å². The van der Waals surface area contributed by atoms with E-state index in [4.69, 9.17) is 0 Å². The smallest absolute Gasteiger partial charge is 0.261 e. The summed E-state index contributed by atoms with van der Waals surface area (Å²) in [6.07, 6.45) is 2.87.